The number of hydrogen-bond acceptors (Lipinski definition) is 9. The minimum Gasteiger partial charge on any atom is -0.508 e. The van der Waals surface area contributed by atoms with Crippen molar-refractivity contribution in [2.75, 3.05) is 50.7 Å². The molecule has 3 saturated heterocycles. The van der Waals surface area contributed by atoms with Crippen molar-refractivity contribution in [3.63, 3.8) is 0 Å². The largest absolute Gasteiger partial charge is 0.508 e. The quantitative estimate of drug-likeness (QED) is 0.206. The number of rotatable bonds is 9. The second-order valence-electron chi connectivity index (χ2n) is 16.7. The van der Waals surface area contributed by atoms with Gasteiger partial charge in [-0.05, 0) is 84.2 Å². The summed E-state index contributed by atoms with van der Waals surface area (Å²) in [5.74, 6) is -0.618. The highest BCUT2D eigenvalue weighted by atomic mass is 16.5. The Morgan fingerprint density at radius 3 is 2.30 bits per heavy atom. The van der Waals surface area contributed by atoms with E-state index in [0.29, 0.717) is 61.8 Å². The van der Waals surface area contributed by atoms with Crippen LogP contribution in [-0.4, -0.2) is 105 Å². The van der Waals surface area contributed by atoms with Crippen molar-refractivity contribution in [1.29, 1.82) is 0 Å². The Morgan fingerprint density at radius 2 is 1.53 bits per heavy atom. The molecule has 5 aliphatic rings. The van der Waals surface area contributed by atoms with Gasteiger partial charge in [-0.1, -0.05) is 43.0 Å². The molecule has 60 heavy (non-hydrogen) atoms. The fourth-order valence-electron chi connectivity index (χ4n) is 9.37. The predicted octanol–water partition coefficient (Wildman–Crippen LogP) is 5.26. The zero-order valence-electron chi connectivity index (χ0n) is 33.6. The molecule has 9 rings (SSSR count). The van der Waals surface area contributed by atoms with E-state index in [-0.39, 0.29) is 53.7 Å². The number of piperidine rings is 2. The first-order chi connectivity index (χ1) is 29.1. The van der Waals surface area contributed by atoms with E-state index in [1.165, 1.54) is 6.07 Å². The molecule has 0 saturated carbocycles. The van der Waals surface area contributed by atoms with Gasteiger partial charge in [-0.3, -0.25) is 24.1 Å². The Bertz CT molecular complexity index is 2350. The maximum atomic E-state index is 13.8. The number of phenolic OH excluding ortho intramolecular Hbond substituents is 2. The van der Waals surface area contributed by atoms with Gasteiger partial charge >= 0.3 is 0 Å². The number of anilines is 1. The van der Waals surface area contributed by atoms with Crippen LogP contribution < -0.4 is 15.0 Å². The lowest BCUT2D eigenvalue weighted by molar-refractivity contribution is -0.126. The molecular formula is C47H50N6O7. The average molecular weight is 811 g/mol. The molecule has 0 bridgehead atoms. The summed E-state index contributed by atoms with van der Waals surface area (Å²) in [6.45, 7) is 11.1. The van der Waals surface area contributed by atoms with Gasteiger partial charge in [0.05, 0.1) is 0 Å². The third kappa shape index (κ3) is 7.89. The second-order valence-corrected chi connectivity index (χ2v) is 16.7. The molecule has 3 fully saturated rings. The van der Waals surface area contributed by atoms with E-state index in [4.69, 9.17) is 4.74 Å². The summed E-state index contributed by atoms with van der Waals surface area (Å²) in [6, 6.07) is 23.2. The van der Waals surface area contributed by atoms with E-state index in [0.717, 1.165) is 79.6 Å². The first-order valence-corrected chi connectivity index (χ1v) is 20.9. The van der Waals surface area contributed by atoms with Gasteiger partial charge < -0.3 is 39.9 Å². The van der Waals surface area contributed by atoms with Gasteiger partial charge in [-0.15, -0.1) is 0 Å². The van der Waals surface area contributed by atoms with Crippen LogP contribution in [0.4, 0.5) is 5.69 Å². The summed E-state index contributed by atoms with van der Waals surface area (Å²) < 4.78 is 5.93. The van der Waals surface area contributed by atoms with E-state index in [2.05, 4.69) is 27.8 Å². The Kier molecular flexibility index (Phi) is 10.7. The summed E-state index contributed by atoms with van der Waals surface area (Å²) >= 11 is 0. The van der Waals surface area contributed by atoms with Crippen molar-refractivity contribution in [3.8, 4) is 17.2 Å². The molecule has 1 atom stereocenters. The molecule has 13 nitrogen and oxygen atoms in total. The lowest BCUT2D eigenvalue weighted by Gasteiger charge is -2.39. The maximum absolute atomic E-state index is 13.8. The van der Waals surface area contributed by atoms with Crippen LogP contribution in [0.2, 0.25) is 0 Å². The van der Waals surface area contributed by atoms with E-state index in [1.54, 1.807) is 9.80 Å². The second kappa shape index (κ2) is 16.4. The highest BCUT2D eigenvalue weighted by molar-refractivity contribution is 6.02. The van der Waals surface area contributed by atoms with Crippen molar-refractivity contribution in [3.05, 3.63) is 130 Å². The molecule has 0 aliphatic carbocycles. The van der Waals surface area contributed by atoms with E-state index in [9.17, 15) is 29.4 Å². The topological polar surface area (TPSA) is 146 Å². The van der Waals surface area contributed by atoms with Crippen molar-refractivity contribution in [2.45, 2.75) is 58.0 Å². The van der Waals surface area contributed by atoms with Crippen LogP contribution in [-0.2, 0) is 31.0 Å². The van der Waals surface area contributed by atoms with Crippen molar-refractivity contribution in [1.82, 2.24) is 24.9 Å². The number of aromatic hydroxyl groups is 2. The summed E-state index contributed by atoms with van der Waals surface area (Å²) in [5, 5.41) is 23.7. The lowest BCUT2D eigenvalue weighted by Crippen LogP contribution is -2.49. The van der Waals surface area contributed by atoms with E-state index in [1.807, 2.05) is 65.6 Å². The van der Waals surface area contributed by atoms with Crippen molar-refractivity contribution >= 4 is 29.3 Å². The van der Waals surface area contributed by atoms with Crippen LogP contribution >= 0.6 is 0 Å². The highest BCUT2D eigenvalue weighted by Gasteiger charge is 2.39. The standard InChI is InChI=1S/C47H50N6O7/c1-30-7-12-40(44(56)48-30)53-28-36-22-37(10-11-39(36)46(53)58)50-19-17-49(18-20-50)25-31-13-15-51(16-14-31)45(57)33-8-9-34-26-52(27-35(34)21-33)47(59)43-41(55)23-38(54)24-42(43)60-29-32-5-3-2-4-6-32/h2-6,8-11,21-24,31,40,54-55H,1,7,12-20,25-29H2,(H,48,56). The number of carbonyl (C=O) groups excluding carboxylic acids is 4. The number of piperazine rings is 1. The molecule has 0 spiro atoms. The van der Waals surface area contributed by atoms with Crippen LogP contribution in [0.15, 0.2) is 91.1 Å². The molecule has 0 radical (unpaired) electrons. The molecule has 4 aromatic rings. The van der Waals surface area contributed by atoms with Crippen LogP contribution in [0, 0.1) is 5.92 Å². The molecule has 3 N–H and O–H groups in total. The van der Waals surface area contributed by atoms with Gasteiger partial charge in [0.2, 0.25) is 5.91 Å². The molecule has 1 unspecified atom stereocenters. The molecule has 4 aromatic carbocycles. The van der Waals surface area contributed by atoms with Crippen LogP contribution in [0.3, 0.4) is 0 Å². The number of nitrogens with zero attached hydrogens (tertiary/aromatic N) is 5. The fraction of sp³-hybridized carbons (Fsp3) is 0.362. The number of fused-ring (bicyclic) bond motifs is 2. The van der Waals surface area contributed by atoms with Crippen LogP contribution in [0.5, 0.6) is 17.2 Å². The van der Waals surface area contributed by atoms with Crippen molar-refractivity contribution < 1.29 is 34.1 Å². The Balaban J connectivity index is 0.749. The maximum Gasteiger partial charge on any atom is 0.262 e. The highest BCUT2D eigenvalue weighted by Crippen LogP contribution is 2.37. The predicted molar refractivity (Wildman–Crippen MR) is 224 cm³/mol. The van der Waals surface area contributed by atoms with E-state index >= 15 is 0 Å². The van der Waals surface area contributed by atoms with Crippen LogP contribution in [0.25, 0.3) is 0 Å². The van der Waals surface area contributed by atoms with E-state index < -0.39 is 11.9 Å². The zero-order chi connectivity index (χ0) is 41.5. The molecule has 0 aromatic heterocycles. The Hall–Kier alpha value is -6.34. The van der Waals surface area contributed by atoms with Crippen molar-refractivity contribution in [2.24, 2.45) is 5.92 Å². The Morgan fingerprint density at radius 1 is 0.767 bits per heavy atom. The van der Waals surface area contributed by atoms with Gasteiger partial charge in [0.1, 0.15) is 35.5 Å². The monoisotopic (exact) mass is 810 g/mol. The molecule has 310 valence electrons. The number of ether oxygens (including phenoxy) is 1. The molecular weight excluding hydrogens is 761 g/mol. The number of phenols is 2. The number of allylic oxidation sites excluding steroid dienone is 1. The molecule has 13 heteroatoms. The molecule has 4 amide bonds. The number of amides is 4. The molecule has 5 aliphatic heterocycles. The number of benzene rings is 4. The summed E-state index contributed by atoms with van der Waals surface area (Å²) in [7, 11) is 0. The minimum absolute atomic E-state index is 0.00510. The zero-order valence-corrected chi connectivity index (χ0v) is 33.6. The SMILES string of the molecule is C=C1CCC(N2Cc3cc(N4CCN(CC5CCN(C(=O)c6ccc7c(c6)CN(C(=O)c6c(O)cc(O)cc6OCc6ccccc6)C7)CC5)CC4)ccc3C2=O)C(=O)N1. The summed E-state index contributed by atoms with van der Waals surface area (Å²) in [6.07, 6.45) is 3.15. The number of likely N-dealkylation sites (tertiary alicyclic amines) is 1. The summed E-state index contributed by atoms with van der Waals surface area (Å²) in [5.41, 5.74) is 6.78. The lowest BCUT2D eigenvalue weighted by atomic mass is 9.95. The smallest absolute Gasteiger partial charge is 0.262 e. The fourth-order valence-corrected chi connectivity index (χ4v) is 9.37. The van der Waals surface area contributed by atoms with Gasteiger partial charge in [0.15, 0.2) is 0 Å². The minimum atomic E-state index is -0.464. The summed E-state index contributed by atoms with van der Waals surface area (Å²) in [4.78, 5) is 63.5. The Labute approximate surface area is 349 Å². The normalized spacial score (nSPS) is 19.7. The van der Waals surface area contributed by atoms with Gasteiger partial charge in [0.25, 0.3) is 17.7 Å². The first kappa shape index (κ1) is 39.1. The third-order valence-electron chi connectivity index (χ3n) is 12.8. The van der Waals surface area contributed by atoms with Crippen LogP contribution in [0.1, 0.15) is 79.0 Å². The van der Waals surface area contributed by atoms with Gasteiger partial charge in [-0.2, -0.15) is 0 Å². The number of carbonyl (C=O) groups is 4. The number of hydrogen-bond donors (Lipinski definition) is 3. The number of nitrogens with one attached hydrogen (secondary N) is 1. The first-order valence-electron chi connectivity index (χ1n) is 20.9. The molecule has 5 heterocycles. The van der Waals surface area contributed by atoms with Gasteiger partial charge in [0, 0.05) is 100 Å². The van der Waals surface area contributed by atoms with Gasteiger partial charge in [-0.25, -0.2) is 0 Å². The third-order valence-corrected chi connectivity index (χ3v) is 12.8. The average Bonchev–Trinajstić information content (AvgIpc) is 3.83.